The zero-order chi connectivity index (χ0) is 12.4. The number of likely N-dealkylation sites (tertiary alicyclic amines) is 1. The Labute approximate surface area is 101 Å². The quantitative estimate of drug-likeness (QED) is 0.829. The molecule has 0 radical (unpaired) electrons. The van der Waals surface area contributed by atoms with Crippen molar-refractivity contribution in [3.05, 3.63) is 29.8 Å². The van der Waals surface area contributed by atoms with Crippen LogP contribution in [0.15, 0.2) is 24.3 Å². The van der Waals surface area contributed by atoms with E-state index in [0.29, 0.717) is 25.1 Å². The molecule has 1 heterocycles. The zero-order valence-corrected chi connectivity index (χ0v) is 10.3. The van der Waals surface area contributed by atoms with Gasteiger partial charge in [0.05, 0.1) is 6.10 Å². The number of β-amino-alcohol motifs (C(OH)–C–C–N with tert-alkyl or cyclic N) is 1. The maximum Gasteiger partial charge on any atom is 0.253 e. The number of anilines is 1. The van der Waals surface area contributed by atoms with Gasteiger partial charge in [-0.1, -0.05) is 0 Å². The second kappa shape index (κ2) is 4.75. The predicted molar refractivity (Wildman–Crippen MR) is 67.3 cm³/mol. The summed E-state index contributed by atoms with van der Waals surface area (Å²) >= 11 is 0. The third-order valence-electron chi connectivity index (χ3n) is 3.08. The van der Waals surface area contributed by atoms with Crippen molar-refractivity contribution in [2.24, 2.45) is 0 Å². The van der Waals surface area contributed by atoms with Gasteiger partial charge in [0, 0.05) is 38.4 Å². The molecule has 1 aromatic rings. The molecule has 1 saturated heterocycles. The fraction of sp³-hybridized carbons (Fsp3) is 0.462. The molecule has 0 aromatic heterocycles. The Kier molecular flexibility index (Phi) is 3.33. The number of carbonyl (C=O) groups excluding carboxylic acids is 1. The summed E-state index contributed by atoms with van der Waals surface area (Å²) in [7, 11) is 3.93. The van der Waals surface area contributed by atoms with Crippen molar-refractivity contribution in [3.63, 3.8) is 0 Å². The fourth-order valence-corrected chi connectivity index (χ4v) is 2.01. The van der Waals surface area contributed by atoms with Gasteiger partial charge in [0.1, 0.15) is 0 Å². The van der Waals surface area contributed by atoms with Crippen LogP contribution in [0.25, 0.3) is 0 Å². The molecule has 1 aromatic carbocycles. The number of aliphatic hydroxyl groups is 1. The van der Waals surface area contributed by atoms with Gasteiger partial charge < -0.3 is 14.9 Å². The van der Waals surface area contributed by atoms with Crippen molar-refractivity contribution < 1.29 is 9.90 Å². The van der Waals surface area contributed by atoms with E-state index in [2.05, 4.69) is 0 Å². The number of rotatable bonds is 2. The summed E-state index contributed by atoms with van der Waals surface area (Å²) in [6.45, 7) is 1.10. The van der Waals surface area contributed by atoms with Gasteiger partial charge in [-0.2, -0.15) is 0 Å². The summed E-state index contributed by atoms with van der Waals surface area (Å²) in [5, 5.41) is 9.41. The van der Waals surface area contributed by atoms with Gasteiger partial charge in [-0.25, -0.2) is 0 Å². The van der Waals surface area contributed by atoms with E-state index in [0.717, 1.165) is 5.69 Å². The van der Waals surface area contributed by atoms with Gasteiger partial charge in [0.15, 0.2) is 0 Å². The molecule has 4 nitrogen and oxygen atoms in total. The first kappa shape index (κ1) is 11.9. The highest BCUT2D eigenvalue weighted by Crippen LogP contribution is 2.16. The van der Waals surface area contributed by atoms with Crippen molar-refractivity contribution >= 4 is 11.6 Å². The van der Waals surface area contributed by atoms with E-state index in [1.807, 2.05) is 43.3 Å². The SMILES string of the molecule is CN(C)c1ccc(C(=O)N2CCC(O)C2)cc1. The molecular weight excluding hydrogens is 216 g/mol. The topological polar surface area (TPSA) is 43.8 Å². The number of hydrogen-bond acceptors (Lipinski definition) is 3. The van der Waals surface area contributed by atoms with Crippen LogP contribution < -0.4 is 4.90 Å². The minimum atomic E-state index is -0.361. The summed E-state index contributed by atoms with van der Waals surface area (Å²) in [6, 6.07) is 7.53. The van der Waals surface area contributed by atoms with Crippen LogP contribution in [0.4, 0.5) is 5.69 Å². The fourth-order valence-electron chi connectivity index (χ4n) is 2.01. The van der Waals surface area contributed by atoms with Crippen molar-refractivity contribution in [1.82, 2.24) is 4.90 Å². The van der Waals surface area contributed by atoms with Gasteiger partial charge in [0.2, 0.25) is 0 Å². The van der Waals surface area contributed by atoms with E-state index in [9.17, 15) is 9.90 Å². The molecule has 92 valence electrons. The molecular formula is C13H18N2O2. The average molecular weight is 234 g/mol. The molecule has 1 fully saturated rings. The van der Waals surface area contributed by atoms with Gasteiger partial charge in [-0.3, -0.25) is 4.79 Å². The van der Waals surface area contributed by atoms with Crippen molar-refractivity contribution in [3.8, 4) is 0 Å². The number of aliphatic hydroxyl groups excluding tert-OH is 1. The lowest BCUT2D eigenvalue weighted by molar-refractivity contribution is 0.0765. The summed E-state index contributed by atoms with van der Waals surface area (Å²) in [4.78, 5) is 15.8. The molecule has 1 atom stereocenters. The van der Waals surface area contributed by atoms with Crippen LogP contribution in [-0.2, 0) is 0 Å². The van der Waals surface area contributed by atoms with Crippen LogP contribution in [0, 0.1) is 0 Å². The lowest BCUT2D eigenvalue weighted by atomic mass is 10.2. The largest absolute Gasteiger partial charge is 0.391 e. The van der Waals surface area contributed by atoms with Gasteiger partial charge in [-0.15, -0.1) is 0 Å². The van der Waals surface area contributed by atoms with Crippen LogP contribution >= 0.6 is 0 Å². The number of amides is 1. The smallest absolute Gasteiger partial charge is 0.253 e. The summed E-state index contributed by atoms with van der Waals surface area (Å²) in [5.41, 5.74) is 1.76. The van der Waals surface area contributed by atoms with Gasteiger partial charge in [-0.05, 0) is 30.7 Å². The third-order valence-corrected chi connectivity index (χ3v) is 3.08. The van der Waals surface area contributed by atoms with Crippen LogP contribution in [0.5, 0.6) is 0 Å². The van der Waals surface area contributed by atoms with Gasteiger partial charge in [0.25, 0.3) is 5.91 Å². The number of nitrogens with zero attached hydrogens (tertiary/aromatic N) is 2. The summed E-state index contributed by atoms with van der Waals surface area (Å²) in [6.07, 6.45) is 0.321. The monoisotopic (exact) mass is 234 g/mol. The van der Waals surface area contributed by atoms with Crippen LogP contribution in [0.1, 0.15) is 16.8 Å². The lowest BCUT2D eigenvalue weighted by Crippen LogP contribution is -2.29. The average Bonchev–Trinajstić information content (AvgIpc) is 2.75. The molecule has 1 unspecified atom stereocenters. The highest BCUT2D eigenvalue weighted by atomic mass is 16.3. The molecule has 4 heteroatoms. The molecule has 1 aliphatic rings. The Balaban J connectivity index is 2.09. The Morgan fingerprint density at radius 2 is 2.00 bits per heavy atom. The van der Waals surface area contributed by atoms with E-state index in [4.69, 9.17) is 0 Å². The Morgan fingerprint density at radius 1 is 1.35 bits per heavy atom. The summed E-state index contributed by atoms with van der Waals surface area (Å²) in [5.74, 6) is 0.00635. The predicted octanol–water partition coefficient (Wildman–Crippen LogP) is 0.959. The second-order valence-electron chi connectivity index (χ2n) is 4.63. The Hall–Kier alpha value is -1.55. The van der Waals surface area contributed by atoms with E-state index < -0.39 is 0 Å². The highest BCUT2D eigenvalue weighted by molar-refractivity contribution is 5.94. The first-order chi connectivity index (χ1) is 8.08. The molecule has 0 spiro atoms. The summed E-state index contributed by atoms with van der Waals surface area (Å²) < 4.78 is 0. The molecule has 1 amide bonds. The third kappa shape index (κ3) is 2.58. The maximum absolute atomic E-state index is 12.1. The normalized spacial score (nSPS) is 19.5. The molecule has 0 aliphatic carbocycles. The molecule has 17 heavy (non-hydrogen) atoms. The minimum absolute atomic E-state index is 0.00635. The molecule has 1 aliphatic heterocycles. The van der Waals surface area contributed by atoms with Crippen LogP contribution in [-0.4, -0.2) is 49.2 Å². The van der Waals surface area contributed by atoms with E-state index in [1.165, 1.54) is 0 Å². The standard InChI is InChI=1S/C13H18N2O2/c1-14(2)11-5-3-10(4-6-11)13(17)15-8-7-12(16)9-15/h3-6,12,16H,7-9H2,1-2H3. The maximum atomic E-state index is 12.1. The highest BCUT2D eigenvalue weighted by Gasteiger charge is 2.25. The Morgan fingerprint density at radius 3 is 2.47 bits per heavy atom. The van der Waals surface area contributed by atoms with Crippen molar-refractivity contribution in [1.29, 1.82) is 0 Å². The van der Waals surface area contributed by atoms with E-state index in [-0.39, 0.29) is 12.0 Å². The molecule has 2 rings (SSSR count). The van der Waals surface area contributed by atoms with Crippen LogP contribution in [0.2, 0.25) is 0 Å². The molecule has 1 N–H and O–H groups in total. The Bertz CT molecular complexity index is 400. The van der Waals surface area contributed by atoms with E-state index in [1.54, 1.807) is 4.90 Å². The molecule has 0 bridgehead atoms. The zero-order valence-electron chi connectivity index (χ0n) is 10.3. The van der Waals surface area contributed by atoms with Crippen molar-refractivity contribution in [2.45, 2.75) is 12.5 Å². The molecule has 0 saturated carbocycles. The first-order valence-corrected chi connectivity index (χ1v) is 5.82. The van der Waals surface area contributed by atoms with Gasteiger partial charge >= 0.3 is 0 Å². The first-order valence-electron chi connectivity index (χ1n) is 5.82. The minimum Gasteiger partial charge on any atom is -0.391 e. The number of benzene rings is 1. The number of hydrogen-bond donors (Lipinski definition) is 1. The van der Waals surface area contributed by atoms with Crippen molar-refractivity contribution in [2.75, 3.05) is 32.1 Å². The number of carbonyl (C=O) groups is 1. The van der Waals surface area contributed by atoms with Crippen LogP contribution in [0.3, 0.4) is 0 Å². The second-order valence-corrected chi connectivity index (χ2v) is 4.63. The van der Waals surface area contributed by atoms with E-state index >= 15 is 0 Å². The lowest BCUT2D eigenvalue weighted by Gasteiger charge is -2.17.